The largest absolute Gasteiger partial charge is 0.456 e. The predicted molar refractivity (Wildman–Crippen MR) is 85.0 cm³/mol. The first-order valence-corrected chi connectivity index (χ1v) is 7.20. The second-order valence-electron chi connectivity index (χ2n) is 4.43. The molecular formula is C17H12Cl2O. The molecule has 0 atom stereocenters. The number of hydrogen-bond acceptors (Lipinski definition) is 1. The Morgan fingerprint density at radius 1 is 0.800 bits per heavy atom. The van der Waals surface area contributed by atoms with Crippen LogP contribution in [0.25, 0.3) is 10.8 Å². The van der Waals surface area contributed by atoms with E-state index in [9.17, 15) is 0 Å². The molecule has 0 unspecified atom stereocenters. The van der Waals surface area contributed by atoms with E-state index in [1.54, 1.807) is 0 Å². The summed E-state index contributed by atoms with van der Waals surface area (Å²) in [6.45, 7) is 0. The van der Waals surface area contributed by atoms with Gasteiger partial charge in [0.2, 0.25) is 0 Å². The number of rotatable bonds is 3. The number of benzene rings is 3. The third kappa shape index (κ3) is 2.47. The highest BCUT2D eigenvalue weighted by Crippen LogP contribution is 2.34. The van der Waals surface area contributed by atoms with Gasteiger partial charge >= 0.3 is 0 Å². The van der Waals surface area contributed by atoms with Gasteiger partial charge in [-0.25, -0.2) is 0 Å². The maximum Gasteiger partial charge on any atom is 0.135 e. The third-order valence-electron chi connectivity index (χ3n) is 3.18. The van der Waals surface area contributed by atoms with E-state index < -0.39 is 0 Å². The molecule has 3 heteroatoms. The van der Waals surface area contributed by atoms with E-state index in [0.29, 0.717) is 16.7 Å². The van der Waals surface area contributed by atoms with Crippen molar-refractivity contribution in [3.63, 3.8) is 0 Å². The van der Waals surface area contributed by atoms with E-state index in [2.05, 4.69) is 12.1 Å². The number of alkyl halides is 1. The molecule has 0 heterocycles. The Morgan fingerprint density at radius 3 is 2.35 bits per heavy atom. The predicted octanol–water partition coefficient (Wildman–Crippen LogP) is 6.02. The van der Waals surface area contributed by atoms with Crippen LogP contribution >= 0.6 is 23.2 Å². The minimum absolute atomic E-state index is 0.319. The lowest BCUT2D eigenvalue weighted by Gasteiger charge is -2.12. The van der Waals surface area contributed by atoms with Crippen molar-refractivity contribution in [2.45, 2.75) is 5.88 Å². The van der Waals surface area contributed by atoms with Crippen LogP contribution in [0.1, 0.15) is 5.56 Å². The van der Waals surface area contributed by atoms with Gasteiger partial charge in [0.15, 0.2) is 0 Å². The van der Waals surface area contributed by atoms with Gasteiger partial charge in [-0.15, -0.1) is 11.6 Å². The van der Waals surface area contributed by atoms with Gasteiger partial charge in [-0.3, -0.25) is 0 Å². The molecule has 0 fully saturated rings. The van der Waals surface area contributed by atoms with E-state index in [0.717, 1.165) is 22.1 Å². The molecule has 0 aliphatic heterocycles. The molecule has 0 radical (unpaired) electrons. The zero-order valence-electron chi connectivity index (χ0n) is 10.6. The van der Waals surface area contributed by atoms with Crippen molar-refractivity contribution in [1.82, 2.24) is 0 Å². The van der Waals surface area contributed by atoms with Crippen molar-refractivity contribution in [1.29, 1.82) is 0 Å². The highest BCUT2D eigenvalue weighted by atomic mass is 35.5. The van der Waals surface area contributed by atoms with Crippen molar-refractivity contribution in [2.75, 3.05) is 0 Å². The average molecular weight is 303 g/mol. The van der Waals surface area contributed by atoms with Crippen LogP contribution in [0.4, 0.5) is 0 Å². The minimum atomic E-state index is 0.319. The zero-order chi connectivity index (χ0) is 13.9. The molecule has 0 aliphatic rings. The Morgan fingerprint density at radius 2 is 1.50 bits per heavy atom. The van der Waals surface area contributed by atoms with E-state index in [1.165, 1.54) is 0 Å². The summed E-state index contributed by atoms with van der Waals surface area (Å²) in [5.74, 6) is 1.82. The summed E-state index contributed by atoms with van der Waals surface area (Å²) in [5.41, 5.74) is 0.809. The number of fused-ring (bicyclic) bond motifs is 1. The molecule has 1 nitrogen and oxygen atoms in total. The van der Waals surface area contributed by atoms with Gasteiger partial charge in [-0.2, -0.15) is 0 Å². The molecule has 20 heavy (non-hydrogen) atoms. The molecule has 0 aliphatic carbocycles. The van der Waals surface area contributed by atoms with Crippen LogP contribution in [0.5, 0.6) is 11.5 Å². The van der Waals surface area contributed by atoms with Crippen LogP contribution in [0.3, 0.4) is 0 Å². The van der Waals surface area contributed by atoms with Crippen LogP contribution in [-0.2, 0) is 5.88 Å². The molecule has 0 N–H and O–H groups in total. The normalized spacial score (nSPS) is 10.7. The molecule has 3 aromatic carbocycles. The van der Waals surface area contributed by atoms with Crippen LogP contribution < -0.4 is 4.74 Å². The summed E-state index contributed by atoms with van der Waals surface area (Å²) in [5, 5.41) is 2.83. The van der Waals surface area contributed by atoms with E-state index in [1.807, 2.05) is 48.5 Å². The summed E-state index contributed by atoms with van der Waals surface area (Å²) in [4.78, 5) is 0. The fourth-order valence-electron chi connectivity index (χ4n) is 2.17. The van der Waals surface area contributed by atoms with E-state index in [4.69, 9.17) is 27.9 Å². The summed E-state index contributed by atoms with van der Waals surface area (Å²) in [6.07, 6.45) is 0. The minimum Gasteiger partial charge on any atom is -0.456 e. The first-order valence-electron chi connectivity index (χ1n) is 6.28. The zero-order valence-corrected chi connectivity index (χ0v) is 12.2. The van der Waals surface area contributed by atoms with E-state index >= 15 is 0 Å². The molecule has 0 aromatic heterocycles. The maximum absolute atomic E-state index is 6.15. The Labute approximate surface area is 127 Å². The van der Waals surface area contributed by atoms with Crippen molar-refractivity contribution in [3.8, 4) is 11.5 Å². The maximum atomic E-state index is 6.15. The van der Waals surface area contributed by atoms with Gasteiger partial charge in [0, 0.05) is 16.0 Å². The van der Waals surface area contributed by atoms with Crippen molar-refractivity contribution in [3.05, 3.63) is 71.2 Å². The van der Waals surface area contributed by atoms with Crippen molar-refractivity contribution < 1.29 is 4.74 Å². The van der Waals surface area contributed by atoms with Gasteiger partial charge < -0.3 is 4.74 Å². The van der Waals surface area contributed by atoms with Crippen molar-refractivity contribution >= 4 is 34.0 Å². The third-order valence-corrected chi connectivity index (χ3v) is 3.80. The molecule has 0 saturated heterocycles. The molecule has 100 valence electrons. The van der Waals surface area contributed by atoms with Crippen LogP contribution in [-0.4, -0.2) is 0 Å². The van der Waals surface area contributed by atoms with Gasteiger partial charge in [0.25, 0.3) is 0 Å². The first-order chi connectivity index (χ1) is 9.79. The van der Waals surface area contributed by atoms with Gasteiger partial charge in [0.05, 0.1) is 5.88 Å². The first kappa shape index (κ1) is 13.3. The molecule has 0 bridgehead atoms. The monoisotopic (exact) mass is 302 g/mol. The molecule has 0 amide bonds. The molecule has 3 rings (SSSR count). The quantitative estimate of drug-likeness (QED) is 0.537. The van der Waals surface area contributed by atoms with Crippen molar-refractivity contribution in [2.24, 2.45) is 0 Å². The number of halogens is 2. The highest BCUT2D eigenvalue weighted by molar-refractivity contribution is 6.32. The average Bonchev–Trinajstić information content (AvgIpc) is 2.48. The Bertz CT molecular complexity index is 748. The number of ether oxygens (including phenoxy) is 1. The molecular weight excluding hydrogens is 291 g/mol. The lowest BCUT2D eigenvalue weighted by Crippen LogP contribution is -1.91. The lowest BCUT2D eigenvalue weighted by molar-refractivity contribution is 0.484. The van der Waals surface area contributed by atoms with Crippen LogP contribution in [0, 0.1) is 0 Å². The fraction of sp³-hybridized carbons (Fsp3) is 0.0588. The van der Waals surface area contributed by atoms with E-state index in [-0.39, 0.29) is 0 Å². The van der Waals surface area contributed by atoms with Gasteiger partial charge in [-0.05, 0) is 23.6 Å². The molecule has 0 saturated carbocycles. The topological polar surface area (TPSA) is 9.23 Å². The Balaban J connectivity index is 2.08. The summed E-state index contributed by atoms with van der Waals surface area (Å²) in [7, 11) is 0. The SMILES string of the molecule is ClCc1c(Cl)cccc1Oc1cccc2ccccc12. The van der Waals surface area contributed by atoms with Crippen LogP contribution in [0.15, 0.2) is 60.7 Å². The summed E-state index contributed by atoms with van der Waals surface area (Å²) < 4.78 is 6.03. The highest BCUT2D eigenvalue weighted by Gasteiger charge is 2.09. The fourth-order valence-corrected chi connectivity index (χ4v) is 2.74. The molecule has 0 spiro atoms. The summed E-state index contributed by atoms with van der Waals surface area (Å²) >= 11 is 12.1. The second kappa shape index (κ2) is 5.74. The van der Waals surface area contributed by atoms with Crippen LogP contribution in [0.2, 0.25) is 5.02 Å². The second-order valence-corrected chi connectivity index (χ2v) is 5.10. The van der Waals surface area contributed by atoms with Gasteiger partial charge in [0.1, 0.15) is 11.5 Å². The Hall–Kier alpha value is -1.70. The summed E-state index contributed by atoms with van der Waals surface area (Å²) in [6, 6.07) is 19.6. The molecule has 3 aromatic rings. The standard InChI is InChI=1S/C17H12Cl2O/c18-11-14-15(19)8-4-10-17(14)20-16-9-3-6-12-5-1-2-7-13(12)16/h1-10H,11H2. The smallest absolute Gasteiger partial charge is 0.135 e. The number of hydrogen-bond donors (Lipinski definition) is 0. The Kier molecular flexibility index (Phi) is 3.81. The lowest BCUT2D eigenvalue weighted by atomic mass is 10.1. The van der Waals surface area contributed by atoms with Gasteiger partial charge in [-0.1, -0.05) is 54.1 Å².